The summed E-state index contributed by atoms with van der Waals surface area (Å²) in [6, 6.07) is 10.6. The maximum Gasteiger partial charge on any atom is 0.269 e. The van der Waals surface area contributed by atoms with Crippen LogP contribution in [0.3, 0.4) is 0 Å². The molecule has 0 aliphatic heterocycles. The Hall–Kier alpha value is -2.43. The number of nitro benzene ring substituents is 1. The Balaban J connectivity index is 2.10. The molecule has 98 valence electrons. The van der Waals surface area contributed by atoms with Gasteiger partial charge < -0.3 is 5.32 Å². The molecule has 5 heteroatoms. The Labute approximate surface area is 111 Å². The lowest BCUT2D eigenvalue weighted by atomic mass is 10.1. The first-order chi connectivity index (χ1) is 9.06. The Morgan fingerprint density at radius 2 is 2.05 bits per heavy atom. The van der Waals surface area contributed by atoms with Crippen LogP contribution in [0.5, 0.6) is 0 Å². The number of nitrogens with one attached hydrogen (secondary N) is 1. The lowest BCUT2D eigenvalue weighted by Crippen LogP contribution is -2.03. The van der Waals surface area contributed by atoms with Crippen LogP contribution in [0.2, 0.25) is 0 Å². The summed E-state index contributed by atoms with van der Waals surface area (Å²) < 4.78 is 0. The number of nitrogens with zero attached hydrogens (tertiary/aromatic N) is 2. The van der Waals surface area contributed by atoms with Crippen LogP contribution in [0.25, 0.3) is 0 Å². The fourth-order valence-corrected chi connectivity index (χ4v) is 1.84. The average molecular weight is 257 g/mol. The molecule has 19 heavy (non-hydrogen) atoms. The van der Waals surface area contributed by atoms with E-state index in [0.717, 1.165) is 22.6 Å². The van der Waals surface area contributed by atoms with Crippen LogP contribution in [0.4, 0.5) is 11.4 Å². The number of nitro groups is 1. The molecule has 5 nitrogen and oxygen atoms in total. The molecule has 0 fully saturated rings. The van der Waals surface area contributed by atoms with Gasteiger partial charge in [0.15, 0.2) is 0 Å². The predicted molar refractivity (Wildman–Crippen MR) is 74.1 cm³/mol. The van der Waals surface area contributed by atoms with Gasteiger partial charge in [-0.05, 0) is 37.6 Å². The predicted octanol–water partition coefficient (Wildman–Crippen LogP) is 3.22. The monoisotopic (exact) mass is 257 g/mol. The molecule has 0 radical (unpaired) electrons. The summed E-state index contributed by atoms with van der Waals surface area (Å²) in [5, 5.41) is 13.9. The van der Waals surface area contributed by atoms with Crippen molar-refractivity contribution in [3.8, 4) is 0 Å². The van der Waals surface area contributed by atoms with Crippen LogP contribution in [0.1, 0.15) is 17.0 Å². The van der Waals surface area contributed by atoms with E-state index in [1.165, 1.54) is 6.07 Å². The smallest absolute Gasteiger partial charge is 0.269 e. The zero-order valence-electron chi connectivity index (χ0n) is 10.9. The summed E-state index contributed by atoms with van der Waals surface area (Å²) in [6.45, 7) is 4.39. The van der Waals surface area contributed by atoms with Gasteiger partial charge in [0.05, 0.1) is 17.2 Å². The maximum atomic E-state index is 10.7. The molecule has 1 N–H and O–H groups in total. The Morgan fingerprint density at radius 1 is 1.26 bits per heavy atom. The summed E-state index contributed by atoms with van der Waals surface area (Å²) in [6.07, 6.45) is 0. The van der Waals surface area contributed by atoms with Gasteiger partial charge in [0.1, 0.15) is 0 Å². The van der Waals surface area contributed by atoms with E-state index in [-0.39, 0.29) is 10.6 Å². The van der Waals surface area contributed by atoms with Crippen molar-refractivity contribution >= 4 is 11.4 Å². The molecule has 0 spiro atoms. The Morgan fingerprint density at radius 3 is 2.68 bits per heavy atom. The van der Waals surface area contributed by atoms with Gasteiger partial charge in [-0.1, -0.05) is 6.07 Å². The molecule has 1 heterocycles. The van der Waals surface area contributed by atoms with Crippen molar-refractivity contribution in [1.29, 1.82) is 0 Å². The van der Waals surface area contributed by atoms with Gasteiger partial charge in [0.2, 0.25) is 0 Å². The second-order valence-corrected chi connectivity index (χ2v) is 4.38. The number of rotatable bonds is 4. The van der Waals surface area contributed by atoms with Crippen LogP contribution in [-0.2, 0) is 6.54 Å². The lowest BCUT2D eigenvalue weighted by molar-refractivity contribution is -0.384. The first-order valence-electron chi connectivity index (χ1n) is 5.98. The van der Waals surface area contributed by atoms with Crippen LogP contribution in [0.15, 0.2) is 36.4 Å². The highest BCUT2D eigenvalue weighted by Crippen LogP contribution is 2.21. The second kappa shape index (κ2) is 5.48. The SMILES string of the molecule is Cc1cccc(CNc2ccc([N+](=O)[O-])cc2C)n1. The standard InChI is InChI=1S/C14H15N3O2/c1-10-8-13(17(18)19)6-7-14(10)15-9-12-5-3-4-11(2)16-12/h3-8,15H,9H2,1-2H3. The van der Waals surface area contributed by atoms with Gasteiger partial charge in [-0.15, -0.1) is 0 Å². The number of non-ortho nitro benzene ring substituents is 1. The highest BCUT2D eigenvalue weighted by molar-refractivity contribution is 5.55. The minimum atomic E-state index is -0.390. The molecule has 1 aromatic carbocycles. The molecular weight excluding hydrogens is 242 g/mol. The molecule has 0 aliphatic rings. The van der Waals surface area contributed by atoms with Gasteiger partial charge in [0.25, 0.3) is 5.69 Å². The summed E-state index contributed by atoms with van der Waals surface area (Å²) >= 11 is 0. The molecule has 0 saturated heterocycles. The van der Waals surface area contributed by atoms with Crippen LogP contribution in [-0.4, -0.2) is 9.91 Å². The number of hydrogen-bond acceptors (Lipinski definition) is 4. The number of pyridine rings is 1. The molecule has 0 unspecified atom stereocenters. The van der Waals surface area contributed by atoms with Gasteiger partial charge in [-0.2, -0.15) is 0 Å². The maximum absolute atomic E-state index is 10.7. The molecule has 0 bridgehead atoms. The highest BCUT2D eigenvalue weighted by Gasteiger charge is 2.07. The minimum absolute atomic E-state index is 0.108. The van der Waals surface area contributed by atoms with Crippen LogP contribution >= 0.6 is 0 Å². The quantitative estimate of drug-likeness (QED) is 0.674. The zero-order valence-corrected chi connectivity index (χ0v) is 10.9. The van der Waals surface area contributed by atoms with E-state index in [2.05, 4.69) is 10.3 Å². The highest BCUT2D eigenvalue weighted by atomic mass is 16.6. The molecule has 0 aliphatic carbocycles. The van der Waals surface area contributed by atoms with E-state index in [1.54, 1.807) is 12.1 Å². The molecule has 2 rings (SSSR count). The van der Waals surface area contributed by atoms with Crippen molar-refractivity contribution in [2.45, 2.75) is 20.4 Å². The molecule has 0 atom stereocenters. The third-order valence-corrected chi connectivity index (χ3v) is 2.83. The number of aryl methyl sites for hydroxylation is 2. The van der Waals surface area contributed by atoms with Crippen molar-refractivity contribution in [3.05, 3.63) is 63.5 Å². The first kappa shape index (κ1) is 13.0. The Bertz CT molecular complexity index is 611. The third-order valence-electron chi connectivity index (χ3n) is 2.83. The van der Waals surface area contributed by atoms with Gasteiger partial charge in [-0.3, -0.25) is 15.1 Å². The van der Waals surface area contributed by atoms with E-state index >= 15 is 0 Å². The molecular formula is C14H15N3O2. The zero-order chi connectivity index (χ0) is 13.8. The number of aromatic nitrogens is 1. The van der Waals surface area contributed by atoms with Crippen LogP contribution < -0.4 is 5.32 Å². The molecule has 0 saturated carbocycles. The van der Waals surface area contributed by atoms with Crippen LogP contribution in [0, 0.1) is 24.0 Å². The van der Waals surface area contributed by atoms with E-state index in [9.17, 15) is 10.1 Å². The number of anilines is 1. The van der Waals surface area contributed by atoms with E-state index in [4.69, 9.17) is 0 Å². The third kappa shape index (κ3) is 3.28. The molecule has 1 aromatic heterocycles. The summed E-state index contributed by atoms with van der Waals surface area (Å²) in [5.74, 6) is 0. The topological polar surface area (TPSA) is 68.1 Å². The minimum Gasteiger partial charge on any atom is -0.379 e. The van der Waals surface area contributed by atoms with Crippen molar-refractivity contribution < 1.29 is 4.92 Å². The second-order valence-electron chi connectivity index (χ2n) is 4.38. The largest absolute Gasteiger partial charge is 0.379 e. The molecule has 2 aromatic rings. The normalized spacial score (nSPS) is 10.2. The molecule has 0 amide bonds. The van der Waals surface area contributed by atoms with Crippen molar-refractivity contribution in [3.63, 3.8) is 0 Å². The Kier molecular flexibility index (Phi) is 3.75. The number of benzene rings is 1. The van der Waals surface area contributed by atoms with E-state index in [1.807, 2.05) is 32.0 Å². The summed E-state index contributed by atoms with van der Waals surface area (Å²) in [7, 11) is 0. The summed E-state index contributed by atoms with van der Waals surface area (Å²) in [5.41, 5.74) is 3.75. The number of hydrogen-bond donors (Lipinski definition) is 1. The summed E-state index contributed by atoms with van der Waals surface area (Å²) in [4.78, 5) is 14.7. The lowest BCUT2D eigenvalue weighted by Gasteiger charge is -2.09. The average Bonchev–Trinajstić information content (AvgIpc) is 2.37. The fourth-order valence-electron chi connectivity index (χ4n) is 1.84. The fraction of sp³-hybridized carbons (Fsp3) is 0.214. The van der Waals surface area contributed by atoms with E-state index < -0.39 is 0 Å². The van der Waals surface area contributed by atoms with Gasteiger partial charge in [-0.25, -0.2) is 0 Å². The van der Waals surface area contributed by atoms with Gasteiger partial charge >= 0.3 is 0 Å². The first-order valence-corrected chi connectivity index (χ1v) is 5.98. The van der Waals surface area contributed by atoms with E-state index in [0.29, 0.717) is 6.54 Å². The van der Waals surface area contributed by atoms with Crippen molar-refractivity contribution in [1.82, 2.24) is 4.98 Å². The van der Waals surface area contributed by atoms with Crippen molar-refractivity contribution in [2.24, 2.45) is 0 Å². The van der Waals surface area contributed by atoms with Crippen molar-refractivity contribution in [2.75, 3.05) is 5.32 Å². The van der Waals surface area contributed by atoms with Gasteiger partial charge in [0, 0.05) is 23.5 Å².